The number of hydrogen-bond acceptors (Lipinski definition) is 3. The van der Waals surface area contributed by atoms with E-state index >= 15 is 0 Å². The van der Waals surface area contributed by atoms with Crippen molar-refractivity contribution in [3.05, 3.63) is 0 Å². The maximum absolute atomic E-state index is 11.5. The van der Waals surface area contributed by atoms with Crippen molar-refractivity contribution >= 4 is 10.2 Å². The van der Waals surface area contributed by atoms with Gasteiger partial charge in [-0.1, -0.05) is 26.7 Å². The normalized spacial score (nSPS) is 13.4. The first-order valence-corrected chi connectivity index (χ1v) is 7.11. The molecule has 98 valence electrons. The quantitative estimate of drug-likeness (QED) is 0.668. The lowest BCUT2D eigenvalue weighted by Crippen LogP contribution is -2.46. The van der Waals surface area contributed by atoms with Gasteiger partial charge in [-0.3, -0.25) is 0 Å². The smallest absolute Gasteiger partial charge is 0.279 e. The second-order valence-corrected chi connectivity index (χ2v) is 6.30. The van der Waals surface area contributed by atoms with E-state index < -0.39 is 15.8 Å². The molecule has 6 heteroatoms. The monoisotopic (exact) mass is 252 g/mol. The Kier molecular flexibility index (Phi) is 6.47. The molecule has 2 N–H and O–H groups in total. The molecule has 0 aromatic heterocycles. The van der Waals surface area contributed by atoms with E-state index in [1.165, 1.54) is 14.1 Å². The molecule has 0 aromatic carbocycles. The number of hydrogen-bond donors (Lipinski definition) is 2. The SMILES string of the molecule is CCCC(O)(CCC)CNS(=O)(=O)N(C)C. The highest BCUT2D eigenvalue weighted by Crippen LogP contribution is 2.18. The molecule has 0 radical (unpaired) electrons. The van der Waals surface area contributed by atoms with Crippen LogP contribution in [0.2, 0.25) is 0 Å². The number of aliphatic hydroxyl groups is 1. The van der Waals surface area contributed by atoms with E-state index in [4.69, 9.17) is 0 Å². The largest absolute Gasteiger partial charge is 0.389 e. The summed E-state index contributed by atoms with van der Waals surface area (Å²) < 4.78 is 26.5. The third-order valence-corrected chi connectivity index (χ3v) is 3.97. The van der Waals surface area contributed by atoms with Crippen LogP contribution in [0.15, 0.2) is 0 Å². The van der Waals surface area contributed by atoms with E-state index in [1.54, 1.807) is 0 Å². The van der Waals surface area contributed by atoms with Gasteiger partial charge in [0.1, 0.15) is 0 Å². The predicted octanol–water partition coefficient (Wildman–Crippen LogP) is 0.714. The minimum atomic E-state index is -3.44. The van der Waals surface area contributed by atoms with E-state index in [1.807, 2.05) is 13.8 Å². The summed E-state index contributed by atoms with van der Waals surface area (Å²) in [6.07, 6.45) is 2.88. The molecule has 0 aliphatic rings. The van der Waals surface area contributed by atoms with Crippen LogP contribution in [0.1, 0.15) is 39.5 Å². The maximum Gasteiger partial charge on any atom is 0.279 e. The van der Waals surface area contributed by atoms with Crippen LogP contribution in [0.3, 0.4) is 0 Å². The summed E-state index contributed by atoms with van der Waals surface area (Å²) in [6, 6.07) is 0. The molecule has 0 aliphatic heterocycles. The van der Waals surface area contributed by atoms with Crippen molar-refractivity contribution in [1.29, 1.82) is 0 Å². The maximum atomic E-state index is 11.5. The summed E-state index contributed by atoms with van der Waals surface area (Å²) in [6.45, 7) is 4.03. The molecule has 16 heavy (non-hydrogen) atoms. The van der Waals surface area contributed by atoms with E-state index in [2.05, 4.69) is 4.72 Å². The molecule has 0 fully saturated rings. The minimum absolute atomic E-state index is 0.0786. The van der Waals surface area contributed by atoms with Crippen molar-refractivity contribution < 1.29 is 13.5 Å². The van der Waals surface area contributed by atoms with Gasteiger partial charge in [0.2, 0.25) is 0 Å². The summed E-state index contributed by atoms with van der Waals surface area (Å²) in [5.74, 6) is 0. The second kappa shape index (κ2) is 6.54. The van der Waals surface area contributed by atoms with Gasteiger partial charge < -0.3 is 5.11 Å². The third kappa shape index (κ3) is 5.25. The fourth-order valence-electron chi connectivity index (χ4n) is 1.59. The van der Waals surface area contributed by atoms with Crippen LogP contribution in [-0.2, 0) is 10.2 Å². The summed E-state index contributed by atoms with van der Waals surface area (Å²) in [7, 11) is -0.526. The molecule has 5 nitrogen and oxygen atoms in total. The van der Waals surface area contributed by atoms with Crippen LogP contribution in [0, 0.1) is 0 Å². The molecule has 0 spiro atoms. The average molecular weight is 252 g/mol. The molecule has 0 saturated heterocycles. The zero-order valence-electron chi connectivity index (χ0n) is 10.7. The van der Waals surface area contributed by atoms with Crippen LogP contribution in [0.5, 0.6) is 0 Å². The van der Waals surface area contributed by atoms with Crippen LogP contribution in [-0.4, -0.2) is 44.1 Å². The van der Waals surface area contributed by atoms with E-state index in [0.29, 0.717) is 12.8 Å². The van der Waals surface area contributed by atoms with E-state index in [9.17, 15) is 13.5 Å². The molecule has 0 rings (SSSR count). The van der Waals surface area contributed by atoms with Crippen molar-refractivity contribution in [1.82, 2.24) is 9.03 Å². The van der Waals surface area contributed by atoms with Crippen molar-refractivity contribution in [3.8, 4) is 0 Å². The number of nitrogens with one attached hydrogen (secondary N) is 1. The van der Waals surface area contributed by atoms with E-state index in [-0.39, 0.29) is 6.54 Å². The van der Waals surface area contributed by atoms with Crippen molar-refractivity contribution in [2.45, 2.75) is 45.1 Å². The van der Waals surface area contributed by atoms with Crippen LogP contribution in [0.25, 0.3) is 0 Å². The first-order valence-electron chi connectivity index (χ1n) is 5.67. The molecule has 0 amide bonds. The molecular formula is C10H24N2O3S. The molecule has 0 unspecified atom stereocenters. The highest BCUT2D eigenvalue weighted by Gasteiger charge is 2.27. The zero-order valence-corrected chi connectivity index (χ0v) is 11.5. The summed E-state index contributed by atoms with van der Waals surface area (Å²) in [5.41, 5.74) is -0.924. The topological polar surface area (TPSA) is 69.6 Å². The minimum Gasteiger partial charge on any atom is -0.389 e. The lowest BCUT2D eigenvalue weighted by atomic mass is 9.93. The van der Waals surface area contributed by atoms with Gasteiger partial charge in [-0.15, -0.1) is 0 Å². The molecule has 0 saturated carbocycles. The first kappa shape index (κ1) is 15.8. The summed E-state index contributed by atoms with van der Waals surface area (Å²) >= 11 is 0. The number of nitrogens with zero attached hydrogens (tertiary/aromatic N) is 1. The molecular weight excluding hydrogens is 228 g/mol. The Morgan fingerprint density at radius 2 is 1.62 bits per heavy atom. The Labute approximate surface area is 99.0 Å². The average Bonchev–Trinajstić information content (AvgIpc) is 2.16. The van der Waals surface area contributed by atoms with Crippen molar-refractivity contribution in [2.24, 2.45) is 0 Å². The van der Waals surface area contributed by atoms with Gasteiger partial charge in [0.15, 0.2) is 0 Å². The van der Waals surface area contributed by atoms with Crippen molar-refractivity contribution in [3.63, 3.8) is 0 Å². The fourth-order valence-corrected chi connectivity index (χ4v) is 2.30. The Bertz CT molecular complexity index is 282. The van der Waals surface area contributed by atoms with Gasteiger partial charge in [-0.25, -0.2) is 0 Å². The molecule has 0 atom stereocenters. The van der Waals surface area contributed by atoms with Gasteiger partial charge in [0, 0.05) is 20.6 Å². The standard InChI is InChI=1S/C10H24N2O3S/c1-5-7-10(13,8-6-2)9-11-16(14,15)12(3)4/h11,13H,5-9H2,1-4H3. The van der Waals surface area contributed by atoms with Gasteiger partial charge >= 0.3 is 0 Å². The van der Waals surface area contributed by atoms with Crippen molar-refractivity contribution in [2.75, 3.05) is 20.6 Å². The second-order valence-electron chi connectivity index (χ2n) is 4.33. The first-order chi connectivity index (χ1) is 7.27. The Morgan fingerprint density at radius 3 is 1.94 bits per heavy atom. The summed E-state index contributed by atoms with van der Waals surface area (Å²) in [4.78, 5) is 0. The molecule has 0 bridgehead atoms. The highest BCUT2D eigenvalue weighted by molar-refractivity contribution is 7.87. The third-order valence-electron chi connectivity index (χ3n) is 2.50. The Balaban J connectivity index is 4.43. The summed E-state index contributed by atoms with van der Waals surface area (Å²) in [5, 5.41) is 10.2. The van der Waals surface area contributed by atoms with Gasteiger partial charge in [-0.2, -0.15) is 17.4 Å². The van der Waals surface area contributed by atoms with Gasteiger partial charge in [-0.05, 0) is 12.8 Å². The lowest BCUT2D eigenvalue weighted by Gasteiger charge is -2.28. The lowest BCUT2D eigenvalue weighted by molar-refractivity contribution is 0.0264. The highest BCUT2D eigenvalue weighted by atomic mass is 32.2. The van der Waals surface area contributed by atoms with Crippen LogP contribution < -0.4 is 4.72 Å². The number of rotatable bonds is 8. The molecule has 0 aliphatic carbocycles. The Hall–Kier alpha value is -0.170. The fraction of sp³-hybridized carbons (Fsp3) is 1.00. The van der Waals surface area contributed by atoms with Gasteiger partial charge in [0.05, 0.1) is 5.60 Å². The Morgan fingerprint density at radius 1 is 1.19 bits per heavy atom. The molecule has 0 aromatic rings. The van der Waals surface area contributed by atoms with Gasteiger partial charge in [0.25, 0.3) is 10.2 Å². The predicted molar refractivity (Wildman–Crippen MR) is 65.4 cm³/mol. The zero-order chi connectivity index (χ0) is 12.8. The van der Waals surface area contributed by atoms with Crippen LogP contribution >= 0.6 is 0 Å². The van der Waals surface area contributed by atoms with Crippen LogP contribution in [0.4, 0.5) is 0 Å². The van der Waals surface area contributed by atoms with E-state index in [0.717, 1.165) is 17.1 Å². The molecule has 0 heterocycles.